The Morgan fingerprint density at radius 2 is 1.58 bits per heavy atom. The van der Waals surface area contributed by atoms with E-state index in [1.807, 2.05) is 56.3 Å². The van der Waals surface area contributed by atoms with Gasteiger partial charge in [-0.3, -0.25) is 0 Å². The van der Waals surface area contributed by atoms with Gasteiger partial charge in [-0.25, -0.2) is 0 Å². The molecule has 26 heavy (non-hydrogen) atoms. The first-order valence-electron chi connectivity index (χ1n) is 8.85. The van der Waals surface area contributed by atoms with Crippen molar-refractivity contribution in [1.82, 2.24) is 5.32 Å². The number of aliphatic hydroxyl groups excluding tert-OH is 1. The van der Waals surface area contributed by atoms with Crippen molar-refractivity contribution in [1.29, 1.82) is 0 Å². The molecule has 2 aromatic rings. The normalized spacial score (nSPS) is 12.1. The smallest absolute Gasteiger partial charge is 0.203 e. The van der Waals surface area contributed by atoms with Crippen LogP contribution < -0.4 is 19.5 Å². The van der Waals surface area contributed by atoms with E-state index in [1.165, 1.54) is 0 Å². The van der Waals surface area contributed by atoms with E-state index in [9.17, 15) is 5.11 Å². The molecule has 0 aromatic heterocycles. The minimum Gasteiger partial charge on any atom is -0.493 e. The molecule has 5 nitrogen and oxygen atoms in total. The molecular formula is C21H29NO4. The lowest BCUT2D eigenvalue weighted by molar-refractivity contribution is 0.123. The number of nitrogens with one attached hydrogen (secondary N) is 1. The van der Waals surface area contributed by atoms with Gasteiger partial charge in [0.2, 0.25) is 5.75 Å². The van der Waals surface area contributed by atoms with E-state index in [-0.39, 0.29) is 12.0 Å². The number of benzene rings is 2. The highest BCUT2D eigenvalue weighted by molar-refractivity contribution is 5.54. The Hall–Kier alpha value is -2.24. The van der Waals surface area contributed by atoms with Crippen LogP contribution in [-0.2, 0) is 13.2 Å². The minimum absolute atomic E-state index is 0.223. The molecule has 0 saturated heterocycles. The average Bonchev–Trinajstić information content (AvgIpc) is 2.66. The molecule has 0 bridgehead atoms. The van der Waals surface area contributed by atoms with Crippen LogP contribution in [0.5, 0.6) is 17.2 Å². The fraction of sp³-hybridized carbons (Fsp3) is 0.429. The second-order valence-electron chi connectivity index (χ2n) is 6.55. The van der Waals surface area contributed by atoms with E-state index >= 15 is 0 Å². The molecule has 0 radical (unpaired) electrons. The van der Waals surface area contributed by atoms with Gasteiger partial charge >= 0.3 is 0 Å². The van der Waals surface area contributed by atoms with Crippen LogP contribution in [0.1, 0.15) is 25.0 Å². The Kier molecular flexibility index (Phi) is 7.75. The van der Waals surface area contributed by atoms with Gasteiger partial charge in [-0.1, -0.05) is 44.2 Å². The van der Waals surface area contributed by atoms with Gasteiger partial charge in [-0.2, -0.15) is 0 Å². The first kappa shape index (κ1) is 20.1. The molecule has 0 heterocycles. The molecule has 1 unspecified atom stereocenters. The zero-order valence-electron chi connectivity index (χ0n) is 16.0. The van der Waals surface area contributed by atoms with Crippen molar-refractivity contribution >= 4 is 0 Å². The van der Waals surface area contributed by atoms with Crippen molar-refractivity contribution in [3.63, 3.8) is 0 Å². The van der Waals surface area contributed by atoms with Crippen molar-refractivity contribution in [3.05, 3.63) is 53.6 Å². The topological polar surface area (TPSA) is 60.0 Å². The Morgan fingerprint density at radius 3 is 2.12 bits per heavy atom. The Labute approximate surface area is 155 Å². The summed E-state index contributed by atoms with van der Waals surface area (Å²) in [5, 5.41) is 13.2. The van der Waals surface area contributed by atoms with E-state index in [4.69, 9.17) is 14.2 Å². The van der Waals surface area contributed by atoms with Gasteiger partial charge in [-0.05, 0) is 29.2 Å². The number of methoxy groups -OCH3 is 2. The van der Waals surface area contributed by atoms with Gasteiger partial charge < -0.3 is 24.6 Å². The number of ether oxygens (including phenoxy) is 3. The molecule has 0 aliphatic rings. The van der Waals surface area contributed by atoms with Gasteiger partial charge in [0.05, 0.1) is 20.3 Å². The van der Waals surface area contributed by atoms with Gasteiger partial charge in [0.15, 0.2) is 11.5 Å². The van der Waals surface area contributed by atoms with Crippen LogP contribution in [-0.4, -0.2) is 32.0 Å². The van der Waals surface area contributed by atoms with Crippen molar-refractivity contribution < 1.29 is 19.3 Å². The summed E-state index contributed by atoms with van der Waals surface area (Å²) in [5.41, 5.74) is 2.08. The molecule has 1 atom stereocenters. The number of rotatable bonds is 10. The monoisotopic (exact) mass is 359 g/mol. The maximum atomic E-state index is 9.90. The maximum absolute atomic E-state index is 9.90. The third-order valence-corrected chi connectivity index (χ3v) is 4.20. The predicted molar refractivity (Wildman–Crippen MR) is 103 cm³/mol. The second kappa shape index (κ2) is 10.0. The van der Waals surface area contributed by atoms with E-state index in [0.29, 0.717) is 36.9 Å². The van der Waals surface area contributed by atoms with Gasteiger partial charge in [0, 0.05) is 13.1 Å². The van der Waals surface area contributed by atoms with Crippen LogP contribution in [0.25, 0.3) is 0 Å². The summed E-state index contributed by atoms with van der Waals surface area (Å²) in [7, 11) is 3.23. The van der Waals surface area contributed by atoms with Crippen molar-refractivity contribution in [2.45, 2.75) is 33.1 Å². The zero-order valence-corrected chi connectivity index (χ0v) is 16.0. The van der Waals surface area contributed by atoms with Gasteiger partial charge in [-0.15, -0.1) is 0 Å². The van der Waals surface area contributed by atoms with Crippen LogP contribution in [0.2, 0.25) is 0 Å². The van der Waals surface area contributed by atoms with Crippen LogP contribution in [0.15, 0.2) is 42.5 Å². The highest BCUT2D eigenvalue weighted by Gasteiger charge is 2.15. The molecule has 142 valence electrons. The molecule has 0 aliphatic carbocycles. The summed E-state index contributed by atoms with van der Waals surface area (Å²) in [6.07, 6.45) is -0.368. The lowest BCUT2D eigenvalue weighted by Gasteiger charge is -2.18. The Bertz CT molecular complexity index is 648. The summed E-state index contributed by atoms with van der Waals surface area (Å²) >= 11 is 0. The predicted octanol–water partition coefficient (Wildman–Crippen LogP) is 3.39. The van der Waals surface area contributed by atoms with E-state index in [0.717, 1.165) is 11.1 Å². The summed E-state index contributed by atoms with van der Waals surface area (Å²) in [4.78, 5) is 0. The minimum atomic E-state index is -0.368. The number of aliphatic hydroxyl groups is 1. The Morgan fingerprint density at radius 1 is 0.962 bits per heavy atom. The quantitative estimate of drug-likeness (QED) is 0.681. The van der Waals surface area contributed by atoms with Crippen LogP contribution in [0.3, 0.4) is 0 Å². The van der Waals surface area contributed by atoms with Crippen LogP contribution in [0, 0.1) is 5.92 Å². The molecule has 2 N–H and O–H groups in total. The molecule has 0 saturated carbocycles. The van der Waals surface area contributed by atoms with Crippen molar-refractivity contribution in [3.8, 4) is 17.2 Å². The number of hydrogen-bond donors (Lipinski definition) is 2. The molecular weight excluding hydrogens is 330 g/mol. The summed E-state index contributed by atoms with van der Waals surface area (Å²) in [6.45, 7) is 5.57. The van der Waals surface area contributed by atoms with Gasteiger partial charge in [0.25, 0.3) is 0 Å². The fourth-order valence-corrected chi connectivity index (χ4v) is 2.51. The van der Waals surface area contributed by atoms with Crippen LogP contribution in [0.4, 0.5) is 0 Å². The fourth-order valence-electron chi connectivity index (χ4n) is 2.51. The third-order valence-electron chi connectivity index (χ3n) is 4.20. The van der Waals surface area contributed by atoms with E-state index in [1.54, 1.807) is 14.2 Å². The van der Waals surface area contributed by atoms with E-state index < -0.39 is 0 Å². The highest BCUT2D eigenvalue weighted by atomic mass is 16.5. The standard InChI is InChI=1S/C21H29NO4/c1-15(2)18(23)13-22-12-17-10-19(24-3)21(20(11-17)25-4)26-14-16-8-6-5-7-9-16/h5-11,15,18,22-23H,12-14H2,1-4H3. The summed E-state index contributed by atoms with van der Waals surface area (Å²) in [6, 6.07) is 13.8. The molecule has 0 amide bonds. The zero-order chi connectivity index (χ0) is 18.9. The maximum Gasteiger partial charge on any atom is 0.203 e. The average molecular weight is 359 g/mol. The summed E-state index contributed by atoms with van der Waals surface area (Å²) < 4.78 is 17.0. The second-order valence-corrected chi connectivity index (χ2v) is 6.55. The van der Waals surface area contributed by atoms with Crippen molar-refractivity contribution in [2.75, 3.05) is 20.8 Å². The van der Waals surface area contributed by atoms with Gasteiger partial charge in [0.1, 0.15) is 6.61 Å². The van der Waals surface area contributed by atoms with Crippen LogP contribution >= 0.6 is 0 Å². The number of hydrogen-bond acceptors (Lipinski definition) is 5. The Balaban J connectivity index is 2.08. The molecule has 0 fully saturated rings. The third kappa shape index (κ3) is 5.64. The largest absolute Gasteiger partial charge is 0.493 e. The van der Waals surface area contributed by atoms with Crippen molar-refractivity contribution in [2.24, 2.45) is 5.92 Å². The molecule has 2 rings (SSSR count). The molecule has 0 aliphatic heterocycles. The molecule has 5 heteroatoms. The van der Waals surface area contributed by atoms with E-state index in [2.05, 4.69) is 5.32 Å². The SMILES string of the molecule is COc1cc(CNCC(O)C(C)C)cc(OC)c1OCc1ccccc1. The lowest BCUT2D eigenvalue weighted by Crippen LogP contribution is -2.30. The molecule has 0 spiro atoms. The molecule has 2 aromatic carbocycles. The summed E-state index contributed by atoms with van der Waals surface area (Å²) in [5.74, 6) is 2.06. The first-order chi connectivity index (χ1) is 12.5. The lowest BCUT2D eigenvalue weighted by atomic mass is 10.1. The highest BCUT2D eigenvalue weighted by Crippen LogP contribution is 2.39. The first-order valence-corrected chi connectivity index (χ1v) is 8.85.